The maximum atomic E-state index is 11.9. The van der Waals surface area contributed by atoms with Gasteiger partial charge in [-0.1, -0.05) is 24.3 Å². The van der Waals surface area contributed by atoms with Crippen molar-refractivity contribution >= 4 is 43.5 Å². The van der Waals surface area contributed by atoms with Crippen LogP contribution in [-0.4, -0.2) is 15.0 Å². The number of fused-ring (bicyclic) bond motifs is 5. The molecule has 4 nitrogen and oxygen atoms in total. The first-order valence-corrected chi connectivity index (χ1v) is 7.11. The topological polar surface area (TPSA) is 61.5 Å². The monoisotopic (exact) mass is 285 g/mol. The fourth-order valence-electron chi connectivity index (χ4n) is 3.15. The third-order valence-corrected chi connectivity index (χ3v) is 4.21. The van der Waals surface area contributed by atoms with E-state index in [1.807, 2.05) is 12.1 Å². The van der Waals surface area contributed by atoms with E-state index in [2.05, 4.69) is 51.4 Å². The zero-order valence-corrected chi connectivity index (χ0v) is 11.6. The van der Waals surface area contributed by atoms with Crippen molar-refractivity contribution < 1.29 is 0 Å². The highest BCUT2D eigenvalue weighted by Crippen LogP contribution is 2.29. The number of hydrogen-bond acceptors (Lipinski definition) is 2. The van der Waals surface area contributed by atoms with Crippen molar-refractivity contribution in [3.63, 3.8) is 0 Å². The molecule has 0 fully saturated rings. The second-order valence-electron chi connectivity index (χ2n) is 5.52. The molecule has 0 spiro atoms. The number of aromatic amines is 2. The van der Waals surface area contributed by atoms with Gasteiger partial charge in [0, 0.05) is 10.9 Å². The molecule has 2 aromatic heterocycles. The van der Waals surface area contributed by atoms with Gasteiger partial charge in [0.2, 0.25) is 0 Å². The SMILES string of the molecule is O=c1[nH]cnc2c1[nH]c1cc3cc4ccccc4cc3cc12. The second-order valence-corrected chi connectivity index (χ2v) is 5.52. The molecule has 0 atom stereocenters. The lowest BCUT2D eigenvalue weighted by Gasteiger charge is -2.02. The van der Waals surface area contributed by atoms with E-state index in [4.69, 9.17) is 0 Å². The molecular formula is C18H11N3O. The van der Waals surface area contributed by atoms with Crippen LogP contribution in [0, 0.1) is 0 Å². The molecule has 0 saturated heterocycles. The number of aromatic nitrogens is 3. The lowest BCUT2D eigenvalue weighted by atomic mass is 10.0. The number of hydrogen-bond donors (Lipinski definition) is 2. The summed E-state index contributed by atoms with van der Waals surface area (Å²) < 4.78 is 0. The highest BCUT2D eigenvalue weighted by atomic mass is 16.1. The van der Waals surface area contributed by atoms with Crippen LogP contribution < -0.4 is 5.56 Å². The minimum atomic E-state index is -0.143. The summed E-state index contributed by atoms with van der Waals surface area (Å²) in [6.07, 6.45) is 1.45. The van der Waals surface area contributed by atoms with Crippen LogP contribution in [0.5, 0.6) is 0 Å². The first-order valence-electron chi connectivity index (χ1n) is 7.11. The van der Waals surface area contributed by atoms with Crippen LogP contribution in [0.2, 0.25) is 0 Å². The fraction of sp³-hybridized carbons (Fsp3) is 0. The van der Waals surface area contributed by atoms with E-state index in [9.17, 15) is 4.79 Å². The molecule has 2 heterocycles. The fourth-order valence-corrected chi connectivity index (χ4v) is 3.15. The van der Waals surface area contributed by atoms with Gasteiger partial charge >= 0.3 is 0 Å². The Balaban J connectivity index is 2.01. The van der Waals surface area contributed by atoms with Gasteiger partial charge < -0.3 is 9.97 Å². The molecule has 104 valence electrons. The van der Waals surface area contributed by atoms with E-state index in [1.54, 1.807) is 0 Å². The first kappa shape index (κ1) is 11.5. The Hall–Kier alpha value is -3.14. The van der Waals surface area contributed by atoms with Gasteiger partial charge in [0.25, 0.3) is 5.56 Å². The molecule has 5 rings (SSSR count). The Labute approximate surface area is 124 Å². The van der Waals surface area contributed by atoms with E-state index >= 15 is 0 Å². The summed E-state index contributed by atoms with van der Waals surface area (Å²) in [5.41, 5.74) is 2.03. The number of H-pyrrole nitrogens is 2. The summed E-state index contributed by atoms with van der Waals surface area (Å²) in [7, 11) is 0. The van der Waals surface area contributed by atoms with Crippen molar-refractivity contribution in [3.05, 3.63) is 65.2 Å². The molecule has 5 aromatic rings. The smallest absolute Gasteiger partial charge is 0.275 e. The maximum absolute atomic E-state index is 11.9. The van der Waals surface area contributed by atoms with Crippen LogP contribution >= 0.6 is 0 Å². The van der Waals surface area contributed by atoms with E-state index in [0.29, 0.717) is 11.0 Å². The first-order chi connectivity index (χ1) is 10.8. The summed E-state index contributed by atoms with van der Waals surface area (Å²) in [6.45, 7) is 0. The standard InChI is InChI=1S/C18H11N3O/c22-18-17-16(19-9-20-18)14-7-12-5-10-3-1-2-4-11(10)6-13(12)8-15(14)21-17/h1-9,21H,(H,19,20,22). The molecule has 0 bridgehead atoms. The minimum Gasteiger partial charge on any atom is -0.349 e. The maximum Gasteiger partial charge on any atom is 0.275 e. The van der Waals surface area contributed by atoms with Gasteiger partial charge in [0.1, 0.15) is 11.0 Å². The van der Waals surface area contributed by atoms with Crippen molar-refractivity contribution in [2.45, 2.75) is 0 Å². The van der Waals surface area contributed by atoms with Crippen LogP contribution in [-0.2, 0) is 0 Å². The van der Waals surface area contributed by atoms with Gasteiger partial charge in [-0.05, 0) is 45.8 Å². The number of nitrogens with one attached hydrogen (secondary N) is 2. The van der Waals surface area contributed by atoms with Crippen LogP contribution in [0.3, 0.4) is 0 Å². The van der Waals surface area contributed by atoms with Gasteiger partial charge in [-0.15, -0.1) is 0 Å². The average Bonchev–Trinajstić information content (AvgIpc) is 2.90. The van der Waals surface area contributed by atoms with Gasteiger partial charge in [0.05, 0.1) is 6.33 Å². The largest absolute Gasteiger partial charge is 0.349 e. The molecular weight excluding hydrogens is 274 g/mol. The molecule has 22 heavy (non-hydrogen) atoms. The third kappa shape index (κ3) is 1.46. The quantitative estimate of drug-likeness (QED) is 0.426. The van der Waals surface area contributed by atoms with Crippen molar-refractivity contribution in [2.75, 3.05) is 0 Å². The van der Waals surface area contributed by atoms with E-state index < -0.39 is 0 Å². The minimum absolute atomic E-state index is 0.143. The average molecular weight is 285 g/mol. The molecule has 0 aliphatic heterocycles. The van der Waals surface area contributed by atoms with E-state index in [1.165, 1.54) is 17.1 Å². The summed E-state index contributed by atoms with van der Waals surface area (Å²) >= 11 is 0. The van der Waals surface area contributed by atoms with Gasteiger partial charge in [-0.3, -0.25) is 4.79 Å². The summed E-state index contributed by atoms with van der Waals surface area (Å²) in [6, 6.07) is 16.8. The van der Waals surface area contributed by atoms with Crippen LogP contribution in [0.4, 0.5) is 0 Å². The van der Waals surface area contributed by atoms with Gasteiger partial charge in [0.15, 0.2) is 0 Å². The Morgan fingerprint density at radius 2 is 1.59 bits per heavy atom. The Bertz CT molecular complexity index is 1250. The summed E-state index contributed by atoms with van der Waals surface area (Å²) in [4.78, 5) is 22.0. The van der Waals surface area contributed by atoms with E-state index in [-0.39, 0.29) is 5.56 Å². The molecule has 0 aliphatic rings. The van der Waals surface area contributed by atoms with Crippen molar-refractivity contribution in [3.8, 4) is 0 Å². The predicted molar refractivity (Wildman–Crippen MR) is 89.2 cm³/mol. The highest BCUT2D eigenvalue weighted by molar-refractivity contribution is 6.11. The molecule has 2 N–H and O–H groups in total. The highest BCUT2D eigenvalue weighted by Gasteiger charge is 2.09. The lowest BCUT2D eigenvalue weighted by molar-refractivity contribution is 1.17. The van der Waals surface area contributed by atoms with Crippen molar-refractivity contribution in [1.29, 1.82) is 0 Å². The van der Waals surface area contributed by atoms with E-state index in [0.717, 1.165) is 21.7 Å². The predicted octanol–water partition coefficient (Wildman–Crippen LogP) is 3.71. The molecule has 3 aromatic carbocycles. The normalized spacial score (nSPS) is 11.8. The second kappa shape index (κ2) is 3.95. The Kier molecular flexibility index (Phi) is 2.07. The summed E-state index contributed by atoms with van der Waals surface area (Å²) in [5.74, 6) is 0. The number of benzene rings is 3. The lowest BCUT2D eigenvalue weighted by Crippen LogP contribution is -2.05. The molecule has 0 saturated carbocycles. The Morgan fingerprint density at radius 1 is 0.864 bits per heavy atom. The van der Waals surface area contributed by atoms with Crippen LogP contribution in [0.25, 0.3) is 43.5 Å². The molecule has 0 radical (unpaired) electrons. The van der Waals surface area contributed by atoms with Crippen molar-refractivity contribution in [2.24, 2.45) is 0 Å². The van der Waals surface area contributed by atoms with Crippen LogP contribution in [0.1, 0.15) is 0 Å². The number of rotatable bonds is 0. The molecule has 0 unspecified atom stereocenters. The van der Waals surface area contributed by atoms with Gasteiger partial charge in [-0.25, -0.2) is 4.98 Å². The van der Waals surface area contributed by atoms with Crippen LogP contribution in [0.15, 0.2) is 59.7 Å². The zero-order valence-electron chi connectivity index (χ0n) is 11.6. The van der Waals surface area contributed by atoms with Crippen molar-refractivity contribution in [1.82, 2.24) is 15.0 Å². The Morgan fingerprint density at radius 3 is 2.36 bits per heavy atom. The molecule has 0 aliphatic carbocycles. The third-order valence-electron chi connectivity index (χ3n) is 4.21. The zero-order chi connectivity index (χ0) is 14.7. The number of nitrogens with zero attached hydrogens (tertiary/aromatic N) is 1. The molecule has 0 amide bonds. The van der Waals surface area contributed by atoms with Gasteiger partial charge in [-0.2, -0.15) is 0 Å². The summed E-state index contributed by atoms with van der Waals surface area (Å²) in [5, 5.41) is 5.69. The molecule has 4 heteroatoms.